The van der Waals surface area contributed by atoms with Crippen LogP contribution in [-0.2, 0) is 5.75 Å². The fourth-order valence-corrected chi connectivity index (χ4v) is 3.88. The van der Waals surface area contributed by atoms with Crippen molar-refractivity contribution < 1.29 is 0 Å². The third-order valence-corrected chi connectivity index (χ3v) is 5.41. The van der Waals surface area contributed by atoms with Gasteiger partial charge in [-0.3, -0.25) is 10.1 Å². The minimum atomic E-state index is 0.692. The Morgan fingerprint density at radius 2 is 1.96 bits per heavy atom. The zero-order chi connectivity index (χ0) is 17.1. The first-order valence-electron chi connectivity index (χ1n) is 7.45. The van der Waals surface area contributed by atoms with E-state index in [1.165, 1.54) is 0 Å². The molecule has 0 saturated heterocycles. The van der Waals surface area contributed by atoms with Gasteiger partial charge in [-0.25, -0.2) is 9.97 Å². The van der Waals surface area contributed by atoms with Crippen LogP contribution in [0.4, 0.5) is 0 Å². The van der Waals surface area contributed by atoms with E-state index in [2.05, 4.69) is 25.1 Å². The third kappa shape index (κ3) is 3.89. The van der Waals surface area contributed by atoms with Gasteiger partial charge in [-0.2, -0.15) is 0 Å². The zero-order valence-electron chi connectivity index (χ0n) is 12.9. The number of thiazole rings is 1. The fourth-order valence-electron chi connectivity index (χ4n) is 2.17. The molecule has 0 fully saturated rings. The Morgan fingerprint density at radius 1 is 1.08 bits per heavy atom. The predicted octanol–water partition coefficient (Wildman–Crippen LogP) is 4.94. The van der Waals surface area contributed by atoms with Crippen LogP contribution in [0, 0.1) is 0 Å². The molecule has 0 aliphatic heterocycles. The van der Waals surface area contributed by atoms with Gasteiger partial charge >= 0.3 is 0 Å². The first kappa shape index (κ1) is 16.3. The van der Waals surface area contributed by atoms with Gasteiger partial charge < -0.3 is 0 Å². The lowest BCUT2D eigenvalue weighted by atomic mass is 10.2. The largest absolute Gasteiger partial charge is 0.258 e. The number of nitrogens with zero attached hydrogens (tertiary/aromatic N) is 4. The van der Waals surface area contributed by atoms with Crippen LogP contribution in [0.15, 0.2) is 59.2 Å². The van der Waals surface area contributed by atoms with Gasteiger partial charge in [-0.1, -0.05) is 29.4 Å². The van der Waals surface area contributed by atoms with Crippen molar-refractivity contribution >= 4 is 34.7 Å². The molecule has 3 aromatic heterocycles. The Balaban J connectivity index is 1.42. The second kappa shape index (κ2) is 7.35. The molecular weight excluding hydrogens is 374 g/mol. The number of nitrogens with one attached hydrogen (secondary N) is 1. The molecule has 0 unspecified atom stereocenters. The molecule has 25 heavy (non-hydrogen) atoms. The summed E-state index contributed by atoms with van der Waals surface area (Å²) in [5.41, 5.74) is 2.84. The van der Waals surface area contributed by atoms with Gasteiger partial charge in [0.15, 0.2) is 5.82 Å². The molecule has 1 N–H and O–H groups in total. The van der Waals surface area contributed by atoms with Crippen LogP contribution >= 0.6 is 34.7 Å². The Hall–Kier alpha value is -2.22. The average molecular weight is 386 g/mol. The number of pyridine rings is 1. The number of halogens is 1. The van der Waals surface area contributed by atoms with Gasteiger partial charge in [-0.05, 0) is 36.4 Å². The molecule has 0 radical (unpaired) electrons. The molecule has 5 nitrogen and oxygen atoms in total. The van der Waals surface area contributed by atoms with Gasteiger partial charge in [0.25, 0.3) is 0 Å². The molecule has 4 aromatic rings. The standard InChI is InChI=1S/C17H12ClN5S2/c18-12-6-4-11(5-7-12)15-21-17(23-22-15)25-10-13-9-24-16(20-13)14-3-1-2-8-19-14/h1-9H,10H2,(H,21,22,23). The van der Waals surface area contributed by atoms with Crippen molar-refractivity contribution in [3.63, 3.8) is 0 Å². The van der Waals surface area contributed by atoms with E-state index in [1.807, 2.05) is 47.8 Å². The van der Waals surface area contributed by atoms with E-state index in [0.29, 0.717) is 15.9 Å². The lowest BCUT2D eigenvalue weighted by Gasteiger charge is -1.95. The highest BCUT2D eigenvalue weighted by Gasteiger charge is 2.09. The smallest absolute Gasteiger partial charge is 0.209 e. The normalized spacial score (nSPS) is 10.9. The number of rotatable bonds is 5. The Bertz CT molecular complexity index is 966. The highest BCUT2D eigenvalue weighted by atomic mass is 35.5. The maximum atomic E-state index is 5.91. The van der Waals surface area contributed by atoms with E-state index in [9.17, 15) is 0 Å². The third-order valence-electron chi connectivity index (χ3n) is 3.37. The number of aromatic nitrogens is 5. The summed E-state index contributed by atoms with van der Waals surface area (Å²) in [5, 5.41) is 11.6. The minimum Gasteiger partial charge on any atom is -0.258 e. The molecule has 124 valence electrons. The summed E-state index contributed by atoms with van der Waals surface area (Å²) in [6.45, 7) is 0. The Morgan fingerprint density at radius 3 is 2.76 bits per heavy atom. The molecule has 0 bridgehead atoms. The summed E-state index contributed by atoms with van der Waals surface area (Å²) in [6, 6.07) is 13.3. The summed E-state index contributed by atoms with van der Waals surface area (Å²) in [4.78, 5) is 13.5. The van der Waals surface area contributed by atoms with Crippen LogP contribution in [0.3, 0.4) is 0 Å². The second-order valence-electron chi connectivity index (χ2n) is 5.12. The SMILES string of the molecule is Clc1ccc(-c2nc(SCc3csc(-c4ccccn4)n3)n[nH]2)cc1. The van der Waals surface area contributed by atoms with E-state index < -0.39 is 0 Å². The lowest BCUT2D eigenvalue weighted by Crippen LogP contribution is -1.85. The van der Waals surface area contributed by atoms with Crippen molar-refractivity contribution in [3.8, 4) is 22.1 Å². The number of benzene rings is 1. The molecule has 0 aliphatic rings. The quantitative estimate of drug-likeness (QED) is 0.493. The van der Waals surface area contributed by atoms with Gasteiger partial charge in [0, 0.05) is 27.9 Å². The van der Waals surface area contributed by atoms with E-state index in [0.717, 1.165) is 27.8 Å². The maximum Gasteiger partial charge on any atom is 0.209 e. The summed E-state index contributed by atoms with van der Waals surface area (Å²) in [5.74, 6) is 1.44. The second-order valence-corrected chi connectivity index (χ2v) is 7.36. The highest BCUT2D eigenvalue weighted by molar-refractivity contribution is 7.98. The molecule has 0 spiro atoms. The Labute approximate surface area is 157 Å². The zero-order valence-corrected chi connectivity index (χ0v) is 15.3. The molecule has 0 atom stereocenters. The topological polar surface area (TPSA) is 67.3 Å². The molecule has 1 aromatic carbocycles. The predicted molar refractivity (Wildman–Crippen MR) is 102 cm³/mol. The van der Waals surface area contributed by atoms with E-state index in [1.54, 1.807) is 29.3 Å². The average Bonchev–Trinajstić information content (AvgIpc) is 3.31. The molecule has 3 heterocycles. The van der Waals surface area contributed by atoms with Crippen LogP contribution in [0.2, 0.25) is 5.02 Å². The fraction of sp³-hybridized carbons (Fsp3) is 0.0588. The van der Waals surface area contributed by atoms with Crippen molar-refractivity contribution in [2.24, 2.45) is 0 Å². The van der Waals surface area contributed by atoms with Gasteiger partial charge in [0.2, 0.25) is 5.16 Å². The van der Waals surface area contributed by atoms with Crippen molar-refractivity contribution in [2.45, 2.75) is 10.9 Å². The molecule has 0 saturated carbocycles. The summed E-state index contributed by atoms with van der Waals surface area (Å²) >= 11 is 9.05. The first-order valence-corrected chi connectivity index (χ1v) is 9.69. The molecular formula is C17H12ClN5S2. The van der Waals surface area contributed by atoms with Crippen LogP contribution in [0.1, 0.15) is 5.69 Å². The van der Waals surface area contributed by atoms with Crippen molar-refractivity contribution in [1.82, 2.24) is 25.1 Å². The van der Waals surface area contributed by atoms with E-state index in [-0.39, 0.29) is 0 Å². The highest BCUT2D eigenvalue weighted by Crippen LogP contribution is 2.26. The van der Waals surface area contributed by atoms with Gasteiger partial charge in [0.1, 0.15) is 5.01 Å². The number of thioether (sulfide) groups is 1. The Kier molecular flexibility index (Phi) is 4.78. The number of hydrogen-bond acceptors (Lipinski definition) is 6. The van der Waals surface area contributed by atoms with Crippen molar-refractivity contribution in [1.29, 1.82) is 0 Å². The summed E-state index contributed by atoms with van der Waals surface area (Å²) in [6.07, 6.45) is 1.77. The van der Waals surface area contributed by atoms with Crippen LogP contribution in [0.5, 0.6) is 0 Å². The monoisotopic (exact) mass is 385 g/mol. The number of H-pyrrole nitrogens is 1. The lowest BCUT2D eigenvalue weighted by molar-refractivity contribution is 0.972. The maximum absolute atomic E-state index is 5.91. The molecule has 8 heteroatoms. The summed E-state index contributed by atoms with van der Waals surface area (Å²) in [7, 11) is 0. The molecule has 4 rings (SSSR count). The summed E-state index contributed by atoms with van der Waals surface area (Å²) < 4.78 is 0. The van der Waals surface area contributed by atoms with Crippen molar-refractivity contribution in [3.05, 3.63) is 64.8 Å². The van der Waals surface area contributed by atoms with E-state index in [4.69, 9.17) is 11.6 Å². The van der Waals surface area contributed by atoms with E-state index >= 15 is 0 Å². The first-order chi connectivity index (χ1) is 12.3. The van der Waals surface area contributed by atoms with Gasteiger partial charge in [0.05, 0.1) is 11.4 Å². The van der Waals surface area contributed by atoms with Crippen LogP contribution < -0.4 is 0 Å². The molecule has 0 aliphatic carbocycles. The van der Waals surface area contributed by atoms with Gasteiger partial charge in [-0.15, -0.1) is 16.4 Å². The number of aromatic amines is 1. The molecule has 0 amide bonds. The van der Waals surface area contributed by atoms with Crippen LogP contribution in [-0.4, -0.2) is 25.1 Å². The minimum absolute atomic E-state index is 0.692. The van der Waals surface area contributed by atoms with Crippen LogP contribution in [0.25, 0.3) is 22.1 Å². The van der Waals surface area contributed by atoms with Crippen molar-refractivity contribution in [2.75, 3.05) is 0 Å². The number of hydrogen-bond donors (Lipinski definition) is 1.